The minimum absolute atomic E-state index is 0.0618. The lowest BCUT2D eigenvalue weighted by Gasteiger charge is -2.17. The SMILES string of the molecule is O=C1CC(CS)CN1c1cccc(SC(F)(F)F)c1. The molecule has 2 rings (SSSR count). The molecule has 1 unspecified atom stereocenters. The lowest BCUT2D eigenvalue weighted by atomic mass is 10.1. The van der Waals surface area contributed by atoms with E-state index in [9.17, 15) is 18.0 Å². The van der Waals surface area contributed by atoms with Crippen LogP contribution in [-0.4, -0.2) is 23.7 Å². The molecule has 0 radical (unpaired) electrons. The summed E-state index contributed by atoms with van der Waals surface area (Å²) in [5.74, 6) is 0.696. The average Bonchev–Trinajstić information content (AvgIpc) is 2.69. The third kappa shape index (κ3) is 3.82. The van der Waals surface area contributed by atoms with E-state index in [1.54, 1.807) is 6.07 Å². The van der Waals surface area contributed by atoms with E-state index in [1.807, 2.05) is 0 Å². The number of nitrogens with zero attached hydrogens (tertiary/aromatic N) is 1. The number of hydrogen-bond donors (Lipinski definition) is 1. The van der Waals surface area contributed by atoms with Crippen LogP contribution < -0.4 is 4.90 Å². The average molecular weight is 307 g/mol. The molecule has 104 valence electrons. The molecule has 19 heavy (non-hydrogen) atoms. The highest BCUT2D eigenvalue weighted by atomic mass is 32.2. The molecule has 7 heteroatoms. The van der Waals surface area contributed by atoms with Crippen molar-refractivity contribution in [1.82, 2.24) is 0 Å². The van der Waals surface area contributed by atoms with E-state index in [-0.39, 0.29) is 28.5 Å². The largest absolute Gasteiger partial charge is 0.446 e. The molecule has 0 spiro atoms. The summed E-state index contributed by atoms with van der Waals surface area (Å²) in [6, 6.07) is 5.97. The van der Waals surface area contributed by atoms with Gasteiger partial charge in [-0.2, -0.15) is 25.8 Å². The Morgan fingerprint density at radius 1 is 1.42 bits per heavy atom. The fraction of sp³-hybridized carbons (Fsp3) is 0.417. The number of carbonyl (C=O) groups is 1. The Labute approximate surface area is 118 Å². The number of alkyl halides is 3. The van der Waals surface area contributed by atoms with Crippen molar-refractivity contribution < 1.29 is 18.0 Å². The van der Waals surface area contributed by atoms with Crippen molar-refractivity contribution in [3.63, 3.8) is 0 Å². The number of thiol groups is 1. The van der Waals surface area contributed by atoms with E-state index in [4.69, 9.17) is 0 Å². The topological polar surface area (TPSA) is 20.3 Å². The number of rotatable bonds is 3. The molecule has 1 amide bonds. The Kier molecular flexibility index (Phi) is 4.35. The molecular formula is C12H12F3NOS2. The van der Waals surface area contributed by atoms with Gasteiger partial charge in [0.25, 0.3) is 0 Å². The Morgan fingerprint density at radius 3 is 2.74 bits per heavy atom. The summed E-state index contributed by atoms with van der Waals surface area (Å²) < 4.78 is 36.9. The van der Waals surface area contributed by atoms with E-state index in [0.29, 0.717) is 24.4 Å². The third-order valence-corrected chi connectivity index (χ3v) is 4.06. The van der Waals surface area contributed by atoms with Crippen molar-refractivity contribution in [2.45, 2.75) is 16.8 Å². The zero-order valence-corrected chi connectivity index (χ0v) is 11.6. The number of anilines is 1. The van der Waals surface area contributed by atoms with Gasteiger partial charge in [0.15, 0.2) is 0 Å². The first-order valence-electron chi connectivity index (χ1n) is 5.66. The van der Waals surface area contributed by atoms with Gasteiger partial charge in [-0.25, -0.2) is 0 Å². The van der Waals surface area contributed by atoms with Crippen LogP contribution >= 0.6 is 24.4 Å². The van der Waals surface area contributed by atoms with Crippen LogP contribution in [0, 0.1) is 5.92 Å². The molecule has 0 bridgehead atoms. The molecule has 0 aliphatic carbocycles. The predicted molar refractivity (Wildman–Crippen MR) is 72.7 cm³/mol. The second kappa shape index (κ2) is 5.66. The van der Waals surface area contributed by atoms with Crippen molar-refractivity contribution in [2.24, 2.45) is 5.92 Å². The maximum Gasteiger partial charge on any atom is 0.446 e. The molecule has 2 nitrogen and oxygen atoms in total. The Balaban J connectivity index is 2.17. The molecule has 1 aliphatic heterocycles. The number of carbonyl (C=O) groups excluding carboxylic acids is 1. The summed E-state index contributed by atoms with van der Waals surface area (Å²) in [6.07, 6.45) is 0.403. The van der Waals surface area contributed by atoms with Crippen LogP contribution in [0.5, 0.6) is 0 Å². The summed E-state index contributed by atoms with van der Waals surface area (Å²) in [5.41, 5.74) is -3.80. The highest BCUT2D eigenvalue weighted by Gasteiger charge is 2.32. The fourth-order valence-electron chi connectivity index (χ4n) is 2.00. The Morgan fingerprint density at radius 2 is 2.16 bits per heavy atom. The highest BCUT2D eigenvalue weighted by molar-refractivity contribution is 8.00. The molecule has 0 aromatic heterocycles. The molecule has 1 aliphatic rings. The van der Waals surface area contributed by atoms with Crippen molar-refractivity contribution in [3.05, 3.63) is 24.3 Å². The maximum atomic E-state index is 12.3. The lowest BCUT2D eigenvalue weighted by molar-refractivity contribution is -0.117. The quantitative estimate of drug-likeness (QED) is 0.680. The molecular weight excluding hydrogens is 295 g/mol. The van der Waals surface area contributed by atoms with E-state index >= 15 is 0 Å². The summed E-state index contributed by atoms with van der Waals surface area (Å²) in [5, 5.41) is 0. The molecule has 1 saturated heterocycles. The highest BCUT2D eigenvalue weighted by Crippen LogP contribution is 2.38. The molecule has 1 atom stereocenters. The maximum absolute atomic E-state index is 12.3. The van der Waals surface area contributed by atoms with Crippen LogP contribution in [-0.2, 0) is 4.79 Å². The van der Waals surface area contributed by atoms with Gasteiger partial charge in [0, 0.05) is 23.5 Å². The van der Waals surface area contributed by atoms with Gasteiger partial charge in [-0.3, -0.25) is 4.79 Å². The van der Waals surface area contributed by atoms with Crippen LogP contribution in [0.15, 0.2) is 29.2 Å². The van der Waals surface area contributed by atoms with Gasteiger partial charge in [-0.15, -0.1) is 0 Å². The predicted octanol–water partition coefficient (Wildman–Crippen LogP) is 3.58. The minimum Gasteiger partial charge on any atom is -0.312 e. The van der Waals surface area contributed by atoms with Crippen molar-refractivity contribution in [3.8, 4) is 0 Å². The van der Waals surface area contributed by atoms with Gasteiger partial charge in [0.05, 0.1) is 0 Å². The van der Waals surface area contributed by atoms with Crippen molar-refractivity contribution in [1.29, 1.82) is 0 Å². The monoisotopic (exact) mass is 307 g/mol. The second-order valence-electron chi connectivity index (χ2n) is 4.30. The van der Waals surface area contributed by atoms with E-state index < -0.39 is 5.51 Å². The normalized spacial score (nSPS) is 20.1. The van der Waals surface area contributed by atoms with E-state index in [2.05, 4.69) is 12.6 Å². The summed E-state index contributed by atoms with van der Waals surface area (Å²) in [4.78, 5) is 13.4. The van der Waals surface area contributed by atoms with E-state index in [0.717, 1.165) is 0 Å². The zero-order chi connectivity index (χ0) is 14.0. The van der Waals surface area contributed by atoms with Crippen LogP contribution in [0.25, 0.3) is 0 Å². The number of thioether (sulfide) groups is 1. The van der Waals surface area contributed by atoms with Gasteiger partial charge >= 0.3 is 5.51 Å². The number of amides is 1. The van der Waals surface area contributed by atoms with Crippen LogP contribution in [0.1, 0.15) is 6.42 Å². The van der Waals surface area contributed by atoms with Gasteiger partial charge in [0.2, 0.25) is 5.91 Å². The van der Waals surface area contributed by atoms with Crippen LogP contribution in [0.3, 0.4) is 0 Å². The number of benzene rings is 1. The summed E-state index contributed by atoms with van der Waals surface area (Å²) in [6.45, 7) is 0.516. The summed E-state index contributed by atoms with van der Waals surface area (Å²) in [7, 11) is 0. The molecule has 1 aromatic rings. The van der Waals surface area contributed by atoms with E-state index in [1.165, 1.54) is 23.1 Å². The standard InChI is InChI=1S/C12H12F3NOS2/c13-12(14,15)19-10-3-1-2-9(5-10)16-6-8(7-18)4-11(16)17/h1-3,5,8,18H,4,6-7H2. The third-order valence-electron chi connectivity index (χ3n) is 2.83. The molecule has 0 N–H and O–H groups in total. The Hall–Kier alpha value is -0.820. The van der Waals surface area contributed by atoms with Gasteiger partial charge in [-0.05, 0) is 41.6 Å². The molecule has 1 aromatic carbocycles. The molecule has 0 saturated carbocycles. The first kappa shape index (κ1) is 14.6. The second-order valence-corrected chi connectivity index (χ2v) is 5.81. The van der Waals surface area contributed by atoms with Gasteiger partial charge in [-0.1, -0.05) is 6.07 Å². The van der Waals surface area contributed by atoms with Gasteiger partial charge < -0.3 is 4.90 Å². The summed E-state index contributed by atoms with van der Waals surface area (Å²) >= 11 is 3.98. The first-order valence-corrected chi connectivity index (χ1v) is 7.11. The minimum atomic E-state index is -4.32. The lowest BCUT2D eigenvalue weighted by Crippen LogP contribution is -2.24. The smallest absolute Gasteiger partial charge is 0.312 e. The number of hydrogen-bond acceptors (Lipinski definition) is 3. The Bertz CT molecular complexity index is 478. The van der Waals surface area contributed by atoms with Gasteiger partial charge in [0.1, 0.15) is 0 Å². The fourth-order valence-corrected chi connectivity index (χ4v) is 2.84. The van der Waals surface area contributed by atoms with Crippen molar-refractivity contribution in [2.75, 3.05) is 17.2 Å². The van der Waals surface area contributed by atoms with Crippen molar-refractivity contribution >= 4 is 36.0 Å². The zero-order valence-electron chi connectivity index (χ0n) is 9.85. The van der Waals surface area contributed by atoms with Crippen LogP contribution in [0.4, 0.5) is 18.9 Å². The number of halogens is 3. The first-order chi connectivity index (χ1) is 8.89. The molecule has 1 fully saturated rings. The van der Waals surface area contributed by atoms with Crippen LogP contribution in [0.2, 0.25) is 0 Å². The molecule has 1 heterocycles.